The first-order valence-electron chi connectivity index (χ1n) is 8.58. The van der Waals surface area contributed by atoms with Gasteiger partial charge in [0.2, 0.25) is 0 Å². The zero-order chi connectivity index (χ0) is 20.1. The molecule has 3 aromatic rings. The maximum absolute atomic E-state index is 12.5. The molecule has 1 atom stereocenters. The zero-order valence-electron chi connectivity index (χ0n) is 15.4. The summed E-state index contributed by atoms with van der Waals surface area (Å²) in [5.74, 6) is -0.373. The van der Waals surface area contributed by atoms with Crippen molar-refractivity contribution in [3.63, 3.8) is 0 Å². The largest absolute Gasteiger partial charge is 0.348 e. The van der Waals surface area contributed by atoms with Crippen LogP contribution in [0.5, 0.6) is 0 Å². The minimum Gasteiger partial charge on any atom is -0.348 e. The Labute approximate surface area is 166 Å². The highest BCUT2D eigenvalue weighted by molar-refractivity contribution is 7.99. The van der Waals surface area contributed by atoms with Crippen LogP contribution >= 0.6 is 11.8 Å². The number of carbonyl (C=O) groups excluding carboxylic acids is 1. The van der Waals surface area contributed by atoms with Crippen molar-refractivity contribution >= 4 is 23.4 Å². The van der Waals surface area contributed by atoms with Crippen LogP contribution in [0.15, 0.2) is 64.9 Å². The van der Waals surface area contributed by atoms with Crippen LogP contribution in [-0.2, 0) is 6.54 Å². The van der Waals surface area contributed by atoms with Crippen molar-refractivity contribution in [1.29, 1.82) is 0 Å². The third kappa shape index (κ3) is 4.95. The van der Waals surface area contributed by atoms with Crippen LogP contribution in [0.25, 0.3) is 0 Å². The van der Waals surface area contributed by atoms with E-state index in [0.717, 1.165) is 10.5 Å². The molecule has 9 heteroatoms. The Morgan fingerprint density at radius 1 is 1.29 bits per heavy atom. The fourth-order valence-corrected chi connectivity index (χ4v) is 3.48. The third-order valence-electron chi connectivity index (χ3n) is 3.97. The maximum atomic E-state index is 12.5. The van der Waals surface area contributed by atoms with E-state index in [2.05, 4.69) is 15.4 Å². The van der Waals surface area contributed by atoms with Crippen LogP contribution in [0.1, 0.15) is 22.8 Å². The van der Waals surface area contributed by atoms with Gasteiger partial charge in [-0.3, -0.25) is 19.6 Å². The summed E-state index contributed by atoms with van der Waals surface area (Å²) in [7, 11) is 0. The van der Waals surface area contributed by atoms with Gasteiger partial charge < -0.3 is 5.32 Å². The molecule has 1 amide bonds. The van der Waals surface area contributed by atoms with E-state index in [9.17, 15) is 14.9 Å². The number of benzene rings is 2. The average molecular weight is 397 g/mol. The van der Waals surface area contributed by atoms with Gasteiger partial charge in [0.25, 0.3) is 11.6 Å². The Bertz CT molecular complexity index is 974. The van der Waals surface area contributed by atoms with Crippen molar-refractivity contribution in [3.05, 3.63) is 76.4 Å². The van der Waals surface area contributed by atoms with E-state index < -0.39 is 4.92 Å². The van der Waals surface area contributed by atoms with Crippen molar-refractivity contribution in [3.8, 4) is 0 Å². The number of nitrogens with zero attached hydrogens (tertiary/aromatic N) is 4. The number of amides is 1. The molecule has 0 fully saturated rings. The summed E-state index contributed by atoms with van der Waals surface area (Å²) < 4.78 is 1.61. The number of aromatic nitrogens is 3. The predicted octanol–water partition coefficient (Wildman–Crippen LogP) is 3.46. The van der Waals surface area contributed by atoms with Gasteiger partial charge in [-0.15, -0.1) is 0 Å². The smallest absolute Gasteiger partial charge is 0.284 e. The van der Waals surface area contributed by atoms with Crippen LogP contribution in [0.2, 0.25) is 0 Å². The summed E-state index contributed by atoms with van der Waals surface area (Å²) in [4.78, 5) is 28.8. The molecule has 0 aliphatic rings. The SMILES string of the molecule is Cc1ccc(Sc2ccc(C(=O)NC(C)Cn3cncn3)cc2[N+](=O)[O-])cc1. The summed E-state index contributed by atoms with van der Waals surface area (Å²) in [6.45, 7) is 4.26. The van der Waals surface area contributed by atoms with E-state index in [4.69, 9.17) is 0 Å². The molecule has 1 aromatic heterocycles. The van der Waals surface area contributed by atoms with E-state index in [1.54, 1.807) is 23.1 Å². The van der Waals surface area contributed by atoms with Crippen LogP contribution in [0.3, 0.4) is 0 Å². The molecule has 0 radical (unpaired) electrons. The topological polar surface area (TPSA) is 103 Å². The number of rotatable bonds is 7. The molecule has 1 N–H and O–H groups in total. The quantitative estimate of drug-likeness (QED) is 0.484. The Morgan fingerprint density at radius 3 is 2.68 bits per heavy atom. The second-order valence-corrected chi connectivity index (χ2v) is 7.46. The first-order valence-corrected chi connectivity index (χ1v) is 9.40. The molecule has 0 bridgehead atoms. The fourth-order valence-electron chi connectivity index (χ4n) is 2.58. The van der Waals surface area contributed by atoms with Gasteiger partial charge in [-0.25, -0.2) is 4.98 Å². The van der Waals surface area contributed by atoms with Gasteiger partial charge in [0.15, 0.2) is 0 Å². The second kappa shape index (κ2) is 8.66. The molecule has 0 saturated carbocycles. The summed E-state index contributed by atoms with van der Waals surface area (Å²) in [5.41, 5.74) is 1.26. The van der Waals surface area contributed by atoms with Gasteiger partial charge in [-0.05, 0) is 38.1 Å². The highest BCUT2D eigenvalue weighted by atomic mass is 32.2. The molecule has 0 saturated heterocycles. The molecule has 0 spiro atoms. The molecule has 0 aliphatic carbocycles. The van der Waals surface area contributed by atoms with Gasteiger partial charge in [0, 0.05) is 22.6 Å². The zero-order valence-corrected chi connectivity index (χ0v) is 16.2. The van der Waals surface area contributed by atoms with Gasteiger partial charge in [-0.2, -0.15) is 5.10 Å². The predicted molar refractivity (Wildman–Crippen MR) is 105 cm³/mol. The van der Waals surface area contributed by atoms with E-state index in [1.165, 1.54) is 24.2 Å². The third-order valence-corrected chi connectivity index (χ3v) is 5.04. The fraction of sp³-hybridized carbons (Fsp3) is 0.211. The number of hydrogen-bond donors (Lipinski definition) is 1. The van der Waals surface area contributed by atoms with Crippen molar-refractivity contribution in [2.75, 3.05) is 0 Å². The van der Waals surface area contributed by atoms with E-state index in [1.807, 2.05) is 38.1 Å². The number of nitro benzene ring substituents is 1. The van der Waals surface area contributed by atoms with Gasteiger partial charge in [0.05, 0.1) is 16.4 Å². The molecule has 1 unspecified atom stereocenters. The Hall–Kier alpha value is -3.20. The molecule has 3 rings (SSSR count). The lowest BCUT2D eigenvalue weighted by molar-refractivity contribution is -0.387. The molecule has 8 nitrogen and oxygen atoms in total. The van der Waals surface area contributed by atoms with E-state index >= 15 is 0 Å². The first-order chi connectivity index (χ1) is 13.4. The van der Waals surface area contributed by atoms with E-state index in [-0.39, 0.29) is 23.2 Å². The van der Waals surface area contributed by atoms with Gasteiger partial charge >= 0.3 is 0 Å². The highest BCUT2D eigenvalue weighted by Crippen LogP contribution is 2.35. The van der Waals surface area contributed by atoms with Gasteiger partial charge in [-0.1, -0.05) is 29.5 Å². The average Bonchev–Trinajstić information content (AvgIpc) is 3.16. The molecule has 28 heavy (non-hydrogen) atoms. The van der Waals surface area contributed by atoms with Crippen LogP contribution in [0, 0.1) is 17.0 Å². The Morgan fingerprint density at radius 2 is 2.04 bits per heavy atom. The normalized spacial score (nSPS) is 11.8. The number of nitrogens with one attached hydrogen (secondary N) is 1. The molecule has 2 aromatic carbocycles. The minimum atomic E-state index is -0.466. The Kier molecular flexibility index (Phi) is 6.05. The second-order valence-electron chi connectivity index (χ2n) is 6.35. The van der Waals surface area contributed by atoms with Crippen LogP contribution in [-0.4, -0.2) is 31.6 Å². The highest BCUT2D eigenvalue weighted by Gasteiger charge is 2.19. The number of nitro groups is 1. The first kappa shape index (κ1) is 19.6. The monoisotopic (exact) mass is 397 g/mol. The lowest BCUT2D eigenvalue weighted by atomic mass is 10.1. The molecule has 144 valence electrons. The summed E-state index contributed by atoms with van der Waals surface area (Å²) >= 11 is 1.30. The number of aryl methyl sites for hydroxylation is 1. The maximum Gasteiger partial charge on any atom is 0.284 e. The Balaban J connectivity index is 1.74. The summed E-state index contributed by atoms with van der Waals surface area (Å²) in [6.07, 6.45) is 2.98. The standard InChI is InChI=1S/C19H19N5O3S/c1-13-3-6-16(7-4-13)28-18-8-5-15(9-17(18)24(26)27)19(25)22-14(2)10-23-12-20-11-21-23/h3-9,11-12,14H,10H2,1-2H3,(H,22,25). The van der Waals surface area contributed by atoms with Crippen LogP contribution in [0.4, 0.5) is 5.69 Å². The lowest BCUT2D eigenvalue weighted by Gasteiger charge is -2.14. The molecular formula is C19H19N5O3S. The summed E-state index contributed by atoms with van der Waals surface area (Å²) in [5, 5.41) is 18.3. The van der Waals surface area contributed by atoms with Crippen molar-refractivity contribution in [1.82, 2.24) is 20.1 Å². The molecular weight excluding hydrogens is 378 g/mol. The molecule has 1 heterocycles. The van der Waals surface area contributed by atoms with Gasteiger partial charge in [0.1, 0.15) is 12.7 Å². The minimum absolute atomic E-state index is 0.0952. The van der Waals surface area contributed by atoms with Crippen molar-refractivity contribution < 1.29 is 9.72 Å². The van der Waals surface area contributed by atoms with Crippen molar-refractivity contribution in [2.45, 2.75) is 36.2 Å². The number of hydrogen-bond acceptors (Lipinski definition) is 6. The van der Waals surface area contributed by atoms with Crippen molar-refractivity contribution in [2.24, 2.45) is 0 Å². The summed E-state index contributed by atoms with van der Waals surface area (Å²) in [6, 6.07) is 12.0. The molecule has 0 aliphatic heterocycles. The number of carbonyl (C=O) groups is 1. The van der Waals surface area contributed by atoms with E-state index in [0.29, 0.717) is 11.4 Å². The lowest BCUT2D eigenvalue weighted by Crippen LogP contribution is -2.35. The van der Waals surface area contributed by atoms with Crippen LogP contribution < -0.4 is 5.32 Å².